The Hall–Kier alpha value is -2.80. The summed E-state index contributed by atoms with van der Waals surface area (Å²) in [6, 6.07) is 8.05. The normalized spacial score (nSPS) is 11.2. The van der Waals surface area contributed by atoms with Crippen molar-refractivity contribution in [2.45, 2.75) is 85.5 Å². The number of rotatable bonds is 8. The van der Waals surface area contributed by atoms with Gasteiger partial charge in [-0.15, -0.1) is 0 Å². The molecule has 0 aliphatic carbocycles. The summed E-state index contributed by atoms with van der Waals surface area (Å²) in [4.78, 5) is 29.9. The van der Waals surface area contributed by atoms with Crippen LogP contribution in [0, 0.1) is 0 Å². The molecule has 0 aliphatic heterocycles. The zero-order valence-electron chi connectivity index (χ0n) is 20.0. The molecule has 2 rings (SSSR count). The molecular weight excluding hydrogens is 384 g/mol. The molecule has 4 nitrogen and oxygen atoms in total. The Morgan fingerprint density at radius 3 is 1.16 bits per heavy atom. The fourth-order valence-electron chi connectivity index (χ4n) is 4.72. The van der Waals surface area contributed by atoms with E-state index in [0.29, 0.717) is 23.2 Å². The number of nitrogens with zero attached hydrogens (tertiary/aromatic N) is 2. The van der Waals surface area contributed by atoms with Gasteiger partial charge in [-0.3, -0.25) is 0 Å². The lowest BCUT2D eigenvalue weighted by Crippen LogP contribution is -2.09. The van der Waals surface area contributed by atoms with Gasteiger partial charge in [0.1, 0.15) is 0 Å². The second-order valence-corrected chi connectivity index (χ2v) is 9.34. The fraction of sp³-hybridized carbons (Fsp3) is 0.481. The van der Waals surface area contributed by atoms with Gasteiger partial charge in [0.15, 0.2) is 0 Å². The van der Waals surface area contributed by atoms with Crippen molar-refractivity contribution >= 4 is 23.5 Å². The Kier molecular flexibility index (Phi) is 8.28. The number of isocyanates is 2. The van der Waals surface area contributed by atoms with E-state index in [4.69, 9.17) is 0 Å². The molecule has 0 saturated heterocycles. The Morgan fingerprint density at radius 1 is 0.581 bits per heavy atom. The van der Waals surface area contributed by atoms with Crippen molar-refractivity contribution in [3.8, 4) is 0 Å². The van der Waals surface area contributed by atoms with E-state index >= 15 is 0 Å². The average molecular weight is 419 g/mol. The van der Waals surface area contributed by atoms with Gasteiger partial charge in [0.2, 0.25) is 12.2 Å². The van der Waals surface area contributed by atoms with Crippen LogP contribution in [-0.2, 0) is 16.0 Å². The maximum Gasteiger partial charge on any atom is 0.240 e. The minimum absolute atomic E-state index is 0.240. The van der Waals surface area contributed by atoms with Crippen LogP contribution in [0.25, 0.3) is 0 Å². The molecular formula is C27H34N2O2. The van der Waals surface area contributed by atoms with Gasteiger partial charge < -0.3 is 0 Å². The van der Waals surface area contributed by atoms with Gasteiger partial charge >= 0.3 is 0 Å². The molecule has 0 saturated carbocycles. The quantitative estimate of drug-likeness (QED) is 0.325. The highest BCUT2D eigenvalue weighted by Crippen LogP contribution is 2.40. The van der Waals surface area contributed by atoms with Crippen molar-refractivity contribution in [3.63, 3.8) is 0 Å². The molecule has 0 aromatic heterocycles. The fourth-order valence-corrected chi connectivity index (χ4v) is 4.72. The summed E-state index contributed by atoms with van der Waals surface area (Å²) in [5, 5.41) is 0. The Labute approximate surface area is 186 Å². The number of benzene rings is 2. The predicted octanol–water partition coefficient (Wildman–Crippen LogP) is 7.71. The topological polar surface area (TPSA) is 58.9 Å². The highest BCUT2D eigenvalue weighted by molar-refractivity contribution is 5.63. The van der Waals surface area contributed by atoms with Crippen LogP contribution in [0.15, 0.2) is 34.3 Å². The van der Waals surface area contributed by atoms with Gasteiger partial charge in [-0.05, 0) is 75.6 Å². The third-order valence-corrected chi connectivity index (χ3v) is 5.73. The third-order valence-electron chi connectivity index (χ3n) is 5.73. The first-order valence-electron chi connectivity index (χ1n) is 11.1. The van der Waals surface area contributed by atoms with Crippen LogP contribution >= 0.6 is 0 Å². The Morgan fingerprint density at radius 2 is 0.903 bits per heavy atom. The first kappa shape index (κ1) is 24.5. The maximum atomic E-state index is 11.0. The van der Waals surface area contributed by atoms with Crippen molar-refractivity contribution in [2.75, 3.05) is 0 Å². The van der Waals surface area contributed by atoms with E-state index in [1.165, 1.54) is 22.3 Å². The standard InChI is InChI=1S/C27H34N2O2/c1-16(2)24-20(9-11-22(28-14-30)26(24)18(5)6)13-21-10-12-23(29-15-31)27(19(7)8)25(21)17(3)4/h9-12,16-19H,13H2,1-8H3. The minimum Gasteiger partial charge on any atom is -0.211 e. The molecule has 0 aliphatic rings. The summed E-state index contributed by atoms with van der Waals surface area (Å²) in [5.41, 5.74) is 8.64. The number of aliphatic imine (C=N–C) groups is 2. The van der Waals surface area contributed by atoms with Gasteiger partial charge in [0, 0.05) is 0 Å². The van der Waals surface area contributed by atoms with Gasteiger partial charge in [0.25, 0.3) is 0 Å². The Balaban J connectivity index is 2.79. The van der Waals surface area contributed by atoms with Crippen molar-refractivity contribution in [3.05, 3.63) is 57.6 Å². The molecule has 0 N–H and O–H groups in total. The third kappa shape index (κ3) is 5.28. The van der Waals surface area contributed by atoms with Crippen molar-refractivity contribution in [2.24, 2.45) is 9.98 Å². The highest BCUT2D eigenvalue weighted by atomic mass is 16.1. The lowest BCUT2D eigenvalue weighted by atomic mass is 9.80. The van der Waals surface area contributed by atoms with Crippen LogP contribution in [0.4, 0.5) is 11.4 Å². The predicted molar refractivity (Wildman–Crippen MR) is 128 cm³/mol. The largest absolute Gasteiger partial charge is 0.240 e. The van der Waals surface area contributed by atoms with Crippen molar-refractivity contribution in [1.29, 1.82) is 0 Å². The first-order valence-corrected chi connectivity index (χ1v) is 11.1. The Bertz CT molecular complexity index is 952. The van der Waals surface area contributed by atoms with Crippen LogP contribution < -0.4 is 0 Å². The van der Waals surface area contributed by atoms with Gasteiger partial charge in [0.05, 0.1) is 11.4 Å². The summed E-state index contributed by atoms with van der Waals surface area (Å²) in [6.07, 6.45) is 4.19. The molecule has 0 heterocycles. The summed E-state index contributed by atoms with van der Waals surface area (Å²) < 4.78 is 0. The van der Waals surface area contributed by atoms with E-state index in [-0.39, 0.29) is 11.8 Å². The van der Waals surface area contributed by atoms with E-state index in [2.05, 4.69) is 77.5 Å². The molecule has 0 atom stereocenters. The summed E-state index contributed by atoms with van der Waals surface area (Å²) in [5.74, 6) is 1.06. The van der Waals surface area contributed by atoms with Crippen LogP contribution in [0.5, 0.6) is 0 Å². The molecule has 31 heavy (non-hydrogen) atoms. The average Bonchev–Trinajstić information content (AvgIpc) is 2.68. The van der Waals surface area contributed by atoms with E-state index in [9.17, 15) is 9.59 Å². The van der Waals surface area contributed by atoms with E-state index in [1.54, 1.807) is 12.2 Å². The monoisotopic (exact) mass is 418 g/mol. The molecule has 0 spiro atoms. The summed E-state index contributed by atoms with van der Waals surface area (Å²) >= 11 is 0. The van der Waals surface area contributed by atoms with E-state index in [0.717, 1.165) is 17.5 Å². The van der Waals surface area contributed by atoms with Crippen molar-refractivity contribution < 1.29 is 9.59 Å². The first-order chi connectivity index (χ1) is 14.6. The summed E-state index contributed by atoms with van der Waals surface area (Å²) in [7, 11) is 0. The van der Waals surface area contributed by atoms with Gasteiger partial charge in [-0.2, -0.15) is 9.98 Å². The second-order valence-electron chi connectivity index (χ2n) is 9.34. The molecule has 2 aromatic rings. The van der Waals surface area contributed by atoms with E-state index < -0.39 is 0 Å². The highest BCUT2D eigenvalue weighted by Gasteiger charge is 2.22. The lowest BCUT2D eigenvalue weighted by Gasteiger charge is -2.25. The summed E-state index contributed by atoms with van der Waals surface area (Å²) in [6.45, 7) is 17.3. The van der Waals surface area contributed by atoms with E-state index in [1.807, 2.05) is 12.1 Å². The molecule has 0 fully saturated rings. The zero-order valence-corrected chi connectivity index (χ0v) is 20.0. The van der Waals surface area contributed by atoms with Crippen molar-refractivity contribution in [1.82, 2.24) is 0 Å². The van der Waals surface area contributed by atoms with Crippen LogP contribution in [-0.4, -0.2) is 12.2 Å². The van der Waals surface area contributed by atoms with Crippen LogP contribution in [0.3, 0.4) is 0 Å². The van der Waals surface area contributed by atoms with Gasteiger partial charge in [-0.25, -0.2) is 9.59 Å². The molecule has 2 aromatic carbocycles. The van der Waals surface area contributed by atoms with Gasteiger partial charge in [-0.1, -0.05) is 67.5 Å². The number of hydrogen-bond acceptors (Lipinski definition) is 4. The molecule has 4 heteroatoms. The second kappa shape index (κ2) is 10.5. The minimum atomic E-state index is 0.240. The van der Waals surface area contributed by atoms with Crippen LogP contribution in [0.2, 0.25) is 0 Å². The number of hydrogen-bond donors (Lipinski definition) is 0. The SMILES string of the molecule is CC(C)c1c(Cc2ccc(N=C=O)c(C(C)C)c2C(C)C)ccc(N=C=O)c1C(C)C. The molecule has 0 unspecified atom stereocenters. The molecule has 0 amide bonds. The molecule has 0 radical (unpaired) electrons. The number of carbonyl (C=O) groups excluding carboxylic acids is 2. The zero-order chi connectivity index (χ0) is 23.3. The lowest BCUT2D eigenvalue weighted by molar-refractivity contribution is 0.564. The molecule has 0 bridgehead atoms. The van der Waals surface area contributed by atoms with Crippen LogP contribution in [0.1, 0.15) is 112 Å². The smallest absolute Gasteiger partial charge is 0.211 e. The maximum absolute atomic E-state index is 11.0. The molecule has 164 valence electrons.